The average molecular weight is 339 g/mol. The van der Waals surface area contributed by atoms with E-state index in [-0.39, 0.29) is 6.04 Å². The van der Waals surface area contributed by atoms with Crippen LogP contribution < -0.4 is 9.64 Å². The first-order valence-electron chi connectivity index (χ1n) is 8.45. The number of aliphatic hydroxyl groups is 1. The minimum Gasteiger partial charge on any atom is -0.497 e. The number of hydrogen-bond donors (Lipinski definition) is 1. The zero-order valence-corrected chi connectivity index (χ0v) is 14.3. The molecule has 0 radical (unpaired) electrons. The Hall–Kier alpha value is -2.67. The molecule has 7 heteroatoms. The topological polar surface area (TPSA) is 76.3 Å². The fourth-order valence-corrected chi connectivity index (χ4v) is 3.52. The number of hydrogen-bond acceptors (Lipinski definition) is 6. The van der Waals surface area contributed by atoms with Gasteiger partial charge in [0.05, 0.1) is 25.6 Å². The quantitative estimate of drug-likeness (QED) is 0.785. The van der Waals surface area contributed by atoms with Gasteiger partial charge >= 0.3 is 0 Å². The molecule has 4 rings (SSSR count). The number of rotatable bonds is 4. The van der Waals surface area contributed by atoms with Crippen LogP contribution in [0.25, 0.3) is 11.2 Å². The highest BCUT2D eigenvalue weighted by atomic mass is 16.5. The molecule has 3 aromatic rings. The minimum atomic E-state index is -0.408. The molecule has 130 valence electrons. The van der Waals surface area contributed by atoms with Crippen molar-refractivity contribution >= 4 is 17.0 Å². The fraction of sp³-hybridized carbons (Fsp3) is 0.389. The Morgan fingerprint density at radius 1 is 1.28 bits per heavy atom. The average Bonchev–Trinajstić information content (AvgIpc) is 3.24. The van der Waals surface area contributed by atoms with Gasteiger partial charge in [0.1, 0.15) is 12.1 Å². The molecule has 3 heterocycles. The van der Waals surface area contributed by atoms with Gasteiger partial charge < -0.3 is 19.3 Å². The molecular formula is C18H21N5O2. The minimum absolute atomic E-state index is 0.0231. The molecule has 1 N–H and O–H groups in total. The van der Waals surface area contributed by atoms with Crippen molar-refractivity contribution in [3.63, 3.8) is 0 Å². The van der Waals surface area contributed by atoms with E-state index < -0.39 is 6.10 Å². The van der Waals surface area contributed by atoms with E-state index in [0.29, 0.717) is 13.0 Å². The third kappa shape index (κ3) is 2.70. The Bertz CT molecular complexity index is 894. The van der Waals surface area contributed by atoms with Gasteiger partial charge in [-0.1, -0.05) is 12.1 Å². The van der Waals surface area contributed by atoms with Crippen LogP contribution >= 0.6 is 0 Å². The summed E-state index contributed by atoms with van der Waals surface area (Å²) in [5.74, 6) is 1.57. The summed E-state index contributed by atoms with van der Waals surface area (Å²) in [6.07, 6.45) is 3.59. The van der Waals surface area contributed by atoms with E-state index in [1.807, 2.05) is 22.8 Å². The van der Waals surface area contributed by atoms with Gasteiger partial charge in [0.2, 0.25) is 0 Å². The van der Waals surface area contributed by atoms with Crippen LogP contribution in [0.4, 0.5) is 5.82 Å². The molecule has 7 nitrogen and oxygen atoms in total. The highest BCUT2D eigenvalue weighted by Gasteiger charge is 2.34. The molecule has 1 aliphatic rings. The number of β-amino-alcohol motifs (C(OH)–C–C–N with tert-alkyl or cyclic N) is 1. The molecule has 25 heavy (non-hydrogen) atoms. The van der Waals surface area contributed by atoms with Gasteiger partial charge in [-0.2, -0.15) is 0 Å². The van der Waals surface area contributed by atoms with Crippen LogP contribution in [0.5, 0.6) is 5.75 Å². The van der Waals surface area contributed by atoms with Crippen LogP contribution in [-0.2, 0) is 6.54 Å². The molecule has 0 bridgehead atoms. The van der Waals surface area contributed by atoms with Crippen molar-refractivity contribution in [2.24, 2.45) is 0 Å². The molecule has 1 aromatic carbocycles. The summed E-state index contributed by atoms with van der Waals surface area (Å²) in [5, 5.41) is 10.3. The Morgan fingerprint density at radius 2 is 2.16 bits per heavy atom. The van der Waals surface area contributed by atoms with Gasteiger partial charge in [0.15, 0.2) is 17.0 Å². The maximum absolute atomic E-state index is 10.3. The maximum Gasteiger partial charge on any atom is 0.165 e. The highest BCUT2D eigenvalue weighted by Crippen LogP contribution is 2.38. The van der Waals surface area contributed by atoms with Crippen molar-refractivity contribution in [3.05, 3.63) is 42.5 Å². The van der Waals surface area contributed by atoms with E-state index in [4.69, 9.17) is 4.74 Å². The summed E-state index contributed by atoms with van der Waals surface area (Å²) < 4.78 is 7.34. The predicted molar refractivity (Wildman–Crippen MR) is 94.7 cm³/mol. The number of aromatic nitrogens is 4. The SMILES string of the molecule is CCn1cnc2c(N3CC(O)CC3c3cccc(OC)c3)ncnc21. The first-order valence-corrected chi connectivity index (χ1v) is 8.45. The van der Waals surface area contributed by atoms with Crippen molar-refractivity contribution < 1.29 is 9.84 Å². The van der Waals surface area contributed by atoms with E-state index in [9.17, 15) is 5.11 Å². The van der Waals surface area contributed by atoms with Gasteiger partial charge in [-0.15, -0.1) is 0 Å². The first kappa shape index (κ1) is 15.8. The monoisotopic (exact) mass is 339 g/mol. The van der Waals surface area contributed by atoms with Crippen LogP contribution in [0.3, 0.4) is 0 Å². The molecule has 0 saturated carbocycles. The molecule has 0 aliphatic carbocycles. The predicted octanol–water partition coefficient (Wildman–Crippen LogP) is 2.17. The van der Waals surface area contributed by atoms with Crippen molar-refractivity contribution in [1.29, 1.82) is 0 Å². The van der Waals surface area contributed by atoms with Gasteiger partial charge in [0, 0.05) is 13.1 Å². The number of anilines is 1. The summed E-state index contributed by atoms with van der Waals surface area (Å²) in [6, 6.07) is 7.98. The number of fused-ring (bicyclic) bond motifs is 1. The first-order chi connectivity index (χ1) is 12.2. The second-order valence-corrected chi connectivity index (χ2v) is 6.23. The number of imidazole rings is 1. The van der Waals surface area contributed by atoms with Crippen molar-refractivity contribution in [2.75, 3.05) is 18.6 Å². The second kappa shape index (κ2) is 6.33. The Morgan fingerprint density at radius 3 is 2.96 bits per heavy atom. The normalized spacial score (nSPS) is 20.4. The standard InChI is InChI=1S/C18H21N5O2/c1-3-22-11-21-16-17(22)19-10-20-18(16)23-9-13(24)8-15(23)12-5-4-6-14(7-12)25-2/h4-7,10-11,13,15,24H,3,8-9H2,1-2H3. The molecule has 0 spiro atoms. The number of nitrogens with zero attached hydrogens (tertiary/aromatic N) is 5. The van der Waals surface area contributed by atoms with Crippen LogP contribution in [-0.4, -0.2) is 44.4 Å². The number of aryl methyl sites for hydroxylation is 1. The van der Waals surface area contributed by atoms with E-state index in [1.165, 1.54) is 0 Å². The molecule has 2 unspecified atom stereocenters. The highest BCUT2D eigenvalue weighted by molar-refractivity contribution is 5.83. The third-order valence-electron chi connectivity index (χ3n) is 4.75. The third-order valence-corrected chi connectivity index (χ3v) is 4.75. The molecule has 1 aliphatic heterocycles. The van der Waals surface area contributed by atoms with Crippen LogP contribution in [0.2, 0.25) is 0 Å². The lowest BCUT2D eigenvalue weighted by atomic mass is 10.0. The largest absolute Gasteiger partial charge is 0.497 e. The van der Waals surface area contributed by atoms with Crippen molar-refractivity contribution in [1.82, 2.24) is 19.5 Å². The van der Waals surface area contributed by atoms with Crippen LogP contribution in [0.15, 0.2) is 36.9 Å². The van der Waals surface area contributed by atoms with E-state index in [2.05, 4.69) is 32.8 Å². The van der Waals surface area contributed by atoms with Gasteiger partial charge in [-0.3, -0.25) is 0 Å². The lowest BCUT2D eigenvalue weighted by Crippen LogP contribution is -2.25. The van der Waals surface area contributed by atoms with Gasteiger partial charge in [-0.25, -0.2) is 15.0 Å². The van der Waals surface area contributed by atoms with Crippen molar-refractivity contribution in [3.8, 4) is 5.75 Å². The fourth-order valence-electron chi connectivity index (χ4n) is 3.52. The molecule has 0 amide bonds. The number of ether oxygens (including phenoxy) is 1. The summed E-state index contributed by atoms with van der Waals surface area (Å²) in [7, 11) is 1.66. The van der Waals surface area contributed by atoms with Gasteiger partial charge in [-0.05, 0) is 31.0 Å². The smallest absolute Gasteiger partial charge is 0.165 e. The number of methoxy groups -OCH3 is 1. The van der Waals surface area contributed by atoms with Crippen molar-refractivity contribution in [2.45, 2.75) is 32.0 Å². The second-order valence-electron chi connectivity index (χ2n) is 6.23. The Kier molecular flexibility index (Phi) is 4.01. The maximum atomic E-state index is 10.3. The summed E-state index contributed by atoms with van der Waals surface area (Å²) in [5.41, 5.74) is 2.68. The van der Waals surface area contributed by atoms with E-state index in [1.54, 1.807) is 19.8 Å². The molecule has 1 saturated heterocycles. The summed E-state index contributed by atoms with van der Waals surface area (Å²) in [4.78, 5) is 15.5. The van der Waals surface area contributed by atoms with E-state index in [0.717, 1.165) is 34.8 Å². The Balaban J connectivity index is 1.79. The zero-order valence-electron chi connectivity index (χ0n) is 14.3. The van der Waals surface area contributed by atoms with Crippen LogP contribution in [0.1, 0.15) is 24.9 Å². The zero-order chi connectivity index (χ0) is 17.4. The lowest BCUT2D eigenvalue weighted by Gasteiger charge is -2.26. The molecular weight excluding hydrogens is 318 g/mol. The number of benzene rings is 1. The summed E-state index contributed by atoms with van der Waals surface area (Å²) >= 11 is 0. The van der Waals surface area contributed by atoms with E-state index >= 15 is 0 Å². The molecule has 2 aromatic heterocycles. The lowest BCUT2D eigenvalue weighted by molar-refractivity contribution is 0.194. The molecule has 2 atom stereocenters. The van der Waals surface area contributed by atoms with Crippen LogP contribution in [0, 0.1) is 0 Å². The Labute approximate surface area is 145 Å². The summed E-state index contributed by atoms with van der Waals surface area (Å²) in [6.45, 7) is 3.38. The molecule has 1 fully saturated rings. The number of aliphatic hydroxyl groups excluding tert-OH is 1. The van der Waals surface area contributed by atoms with Gasteiger partial charge in [0.25, 0.3) is 0 Å².